The minimum absolute atomic E-state index is 0.0234. The predicted molar refractivity (Wildman–Crippen MR) is 89.3 cm³/mol. The fourth-order valence-corrected chi connectivity index (χ4v) is 2.07. The van der Waals surface area contributed by atoms with Crippen LogP contribution in [0.5, 0.6) is 0 Å². The van der Waals surface area contributed by atoms with E-state index in [4.69, 9.17) is 9.84 Å². The second kappa shape index (κ2) is 7.00. The normalized spacial score (nSPS) is 14.2. The fraction of sp³-hybridized carbons (Fsp3) is 0.529. The zero-order chi connectivity index (χ0) is 17.8. The molecule has 0 aliphatic heterocycles. The number of para-hydroxylation sites is 1. The van der Waals surface area contributed by atoms with E-state index in [9.17, 15) is 9.59 Å². The van der Waals surface area contributed by atoms with Gasteiger partial charge in [-0.1, -0.05) is 18.2 Å². The number of hydrogen-bond acceptors (Lipinski definition) is 3. The monoisotopic (exact) mass is 323 g/mol. The Balaban J connectivity index is 3.14. The molecule has 0 aromatic heterocycles. The minimum atomic E-state index is -1.13. The number of benzene rings is 1. The predicted octanol–water partition coefficient (Wildman–Crippen LogP) is 4.07. The van der Waals surface area contributed by atoms with Crippen molar-refractivity contribution in [1.82, 2.24) is 0 Å². The Morgan fingerprint density at radius 2 is 1.83 bits per heavy atom. The van der Waals surface area contributed by atoms with Crippen molar-refractivity contribution >= 4 is 17.9 Å². The van der Waals surface area contributed by atoms with Crippen LogP contribution in [0.1, 0.15) is 40.2 Å². The molecule has 0 spiro atoms. The average molecular weight is 323 g/mol. The fourth-order valence-electron chi connectivity index (χ4n) is 2.07. The lowest BCUT2D eigenvalue weighted by Crippen LogP contribution is -2.55. The number of amides is 2. The van der Waals surface area contributed by atoms with Gasteiger partial charge in [0.2, 0.25) is 0 Å². The number of carboxylic acid groups (broad SMARTS) is 1. The maximum absolute atomic E-state index is 12.7. The summed E-state index contributed by atoms with van der Waals surface area (Å²) in [5.74, 6) is 0. The highest BCUT2D eigenvalue weighted by molar-refractivity contribution is 5.84. The van der Waals surface area contributed by atoms with Crippen molar-refractivity contribution < 1.29 is 23.9 Å². The van der Waals surface area contributed by atoms with Gasteiger partial charge in [0.25, 0.3) is 0 Å². The van der Waals surface area contributed by atoms with Crippen molar-refractivity contribution in [2.75, 3.05) is 12.4 Å². The lowest BCUT2D eigenvalue weighted by molar-refractivity contribution is -0.873. The van der Waals surface area contributed by atoms with E-state index in [2.05, 4.69) is 5.32 Å². The third-order valence-electron chi connectivity index (χ3n) is 3.71. The molecule has 1 unspecified atom stereocenters. The van der Waals surface area contributed by atoms with Gasteiger partial charge < -0.3 is 9.84 Å². The smallest absolute Gasteiger partial charge is 0.465 e. The number of ether oxygens (including phenoxy) is 1. The molecule has 0 radical (unpaired) electrons. The van der Waals surface area contributed by atoms with Crippen molar-refractivity contribution in [3.63, 3.8) is 0 Å². The van der Waals surface area contributed by atoms with Gasteiger partial charge in [0.05, 0.1) is 18.8 Å². The Morgan fingerprint density at radius 1 is 1.26 bits per heavy atom. The molecule has 0 fully saturated rings. The number of nitrogens with one attached hydrogen (secondary N) is 1. The molecule has 1 aromatic rings. The van der Waals surface area contributed by atoms with Crippen LogP contribution in [-0.4, -0.2) is 40.5 Å². The maximum atomic E-state index is 12.7. The van der Waals surface area contributed by atoms with Crippen LogP contribution in [0.4, 0.5) is 15.3 Å². The van der Waals surface area contributed by atoms with E-state index < -0.39 is 11.7 Å². The van der Waals surface area contributed by atoms with Crippen LogP contribution in [0.25, 0.3) is 0 Å². The maximum Gasteiger partial charge on any atom is 0.516 e. The second-order valence-corrected chi connectivity index (χ2v) is 7.09. The standard InChI is InChI=1S/C17H26N2O4/c1-12(2)19(6,16(22)23-17(3,4)5)11-13-9-7-8-10-14(13)18-15(20)21/h7-10,12,18H,11H2,1-6H3/p+1. The topological polar surface area (TPSA) is 75.6 Å². The van der Waals surface area contributed by atoms with Crippen molar-refractivity contribution in [3.05, 3.63) is 29.8 Å². The molecular weight excluding hydrogens is 296 g/mol. The first kappa shape index (κ1) is 19.0. The second-order valence-electron chi connectivity index (χ2n) is 7.09. The molecule has 6 nitrogen and oxygen atoms in total. The molecule has 0 saturated carbocycles. The molecule has 0 saturated heterocycles. The number of anilines is 1. The quantitative estimate of drug-likeness (QED) is 0.819. The molecule has 0 heterocycles. The van der Waals surface area contributed by atoms with Gasteiger partial charge in [0.1, 0.15) is 12.1 Å². The van der Waals surface area contributed by atoms with Gasteiger partial charge in [-0.25, -0.2) is 9.28 Å². The first-order chi connectivity index (χ1) is 10.5. The largest absolute Gasteiger partial charge is 0.516 e. The summed E-state index contributed by atoms with van der Waals surface area (Å²) in [6.45, 7) is 9.71. The molecule has 128 valence electrons. The third-order valence-corrected chi connectivity index (χ3v) is 3.71. The van der Waals surface area contributed by atoms with Gasteiger partial charge in [0, 0.05) is 5.56 Å². The van der Waals surface area contributed by atoms with Crippen LogP contribution in [0.2, 0.25) is 0 Å². The van der Waals surface area contributed by atoms with E-state index in [-0.39, 0.29) is 16.6 Å². The van der Waals surface area contributed by atoms with Crippen LogP contribution in [0.3, 0.4) is 0 Å². The number of carbonyl (C=O) groups excluding carboxylic acids is 1. The Morgan fingerprint density at radius 3 is 2.30 bits per heavy atom. The number of quaternary nitrogens is 1. The minimum Gasteiger partial charge on any atom is -0.465 e. The summed E-state index contributed by atoms with van der Waals surface area (Å²) in [6.07, 6.45) is -1.47. The van der Waals surface area contributed by atoms with Gasteiger partial charge >= 0.3 is 12.2 Å². The summed E-state index contributed by atoms with van der Waals surface area (Å²) in [5, 5.41) is 11.3. The lowest BCUT2D eigenvalue weighted by Gasteiger charge is -2.36. The van der Waals surface area contributed by atoms with E-state index in [0.29, 0.717) is 12.2 Å². The summed E-state index contributed by atoms with van der Waals surface area (Å²) >= 11 is 0. The number of hydrogen-bond donors (Lipinski definition) is 2. The first-order valence-electron chi connectivity index (χ1n) is 7.62. The Hall–Kier alpha value is -2.08. The summed E-state index contributed by atoms with van der Waals surface area (Å²) in [7, 11) is 1.80. The van der Waals surface area contributed by atoms with Crippen molar-refractivity contribution in [3.8, 4) is 0 Å². The molecule has 6 heteroatoms. The van der Waals surface area contributed by atoms with Gasteiger partial charge in [-0.05, 0) is 40.7 Å². The SMILES string of the molecule is CC(C)[N+](C)(Cc1ccccc1NC(=O)O)C(=O)OC(C)(C)C. The molecule has 1 atom stereocenters. The zero-order valence-corrected chi connectivity index (χ0v) is 14.7. The number of nitrogens with zero attached hydrogens (tertiary/aromatic N) is 1. The van der Waals surface area contributed by atoms with Crippen molar-refractivity contribution in [2.24, 2.45) is 0 Å². The molecule has 1 rings (SSSR count). The van der Waals surface area contributed by atoms with Crippen LogP contribution in [0.15, 0.2) is 24.3 Å². The van der Waals surface area contributed by atoms with E-state index >= 15 is 0 Å². The van der Waals surface area contributed by atoms with E-state index in [1.807, 2.05) is 46.8 Å². The van der Waals surface area contributed by atoms with Crippen LogP contribution in [0, 0.1) is 0 Å². The highest BCUT2D eigenvalue weighted by atomic mass is 16.6. The first-order valence-corrected chi connectivity index (χ1v) is 7.62. The number of carbonyl (C=O) groups is 2. The highest BCUT2D eigenvalue weighted by Crippen LogP contribution is 2.25. The molecule has 1 aromatic carbocycles. The summed E-state index contributed by atoms with van der Waals surface area (Å²) in [6, 6.07) is 7.05. The van der Waals surface area contributed by atoms with Crippen LogP contribution >= 0.6 is 0 Å². The molecule has 0 bridgehead atoms. The Kier molecular flexibility index (Phi) is 5.77. The molecule has 0 aliphatic carbocycles. The van der Waals surface area contributed by atoms with Gasteiger partial charge in [-0.2, -0.15) is 4.79 Å². The van der Waals surface area contributed by atoms with Crippen LogP contribution < -0.4 is 5.32 Å². The Bertz CT molecular complexity index is 578. The Labute approximate surface area is 137 Å². The van der Waals surface area contributed by atoms with Gasteiger partial charge in [-0.15, -0.1) is 0 Å². The highest BCUT2D eigenvalue weighted by Gasteiger charge is 2.40. The third kappa shape index (κ3) is 5.25. The van der Waals surface area contributed by atoms with Crippen molar-refractivity contribution in [1.29, 1.82) is 0 Å². The molecular formula is C17H27N2O4+. The molecule has 0 aliphatic rings. The summed E-state index contributed by atoms with van der Waals surface area (Å²) in [4.78, 5) is 23.6. The lowest BCUT2D eigenvalue weighted by atomic mass is 10.1. The van der Waals surface area contributed by atoms with E-state index in [1.165, 1.54) is 0 Å². The van der Waals surface area contributed by atoms with Crippen LogP contribution in [-0.2, 0) is 11.3 Å². The van der Waals surface area contributed by atoms with Gasteiger partial charge in [-0.3, -0.25) is 5.32 Å². The number of rotatable bonds is 4. The van der Waals surface area contributed by atoms with Gasteiger partial charge in [0.15, 0.2) is 0 Å². The molecule has 2 N–H and O–H groups in total. The van der Waals surface area contributed by atoms with E-state index in [1.54, 1.807) is 19.2 Å². The van der Waals surface area contributed by atoms with Crippen molar-refractivity contribution in [2.45, 2.75) is 52.8 Å². The molecule has 2 amide bonds. The summed E-state index contributed by atoms with van der Waals surface area (Å²) < 4.78 is 5.58. The zero-order valence-electron chi connectivity index (χ0n) is 14.7. The average Bonchev–Trinajstić information content (AvgIpc) is 2.38. The summed E-state index contributed by atoms with van der Waals surface area (Å²) in [5.41, 5.74) is 0.648. The van der Waals surface area contributed by atoms with E-state index in [0.717, 1.165) is 5.56 Å². The molecule has 23 heavy (non-hydrogen) atoms.